The Balaban J connectivity index is 2.82. The molecule has 0 heterocycles. The van der Waals surface area contributed by atoms with Crippen LogP contribution in [0.25, 0.3) is 0 Å². The van der Waals surface area contributed by atoms with Gasteiger partial charge in [-0.05, 0) is 19.1 Å². The van der Waals surface area contributed by atoms with Gasteiger partial charge in [-0.25, -0.2) is 0 Å². The molecule has 1 N–H and O–H groups in total. The molecule has 74 valence electrons. The van der Waals surface area contributed by atoms with E-state index in [1.807, 2.05) is 6.07 Å². The second kappa shape index (κ2) is 4.85. The Morgan fingerprint density at radius 2 is 2.36 bits per heavy atom. The van der Waals surface area contributed by atoms with Crippen molar-refractivity contribution in [2.75, 3.05) is 6.61 Å². The molecule has 0 saturated heterocycles. The fourth-order valence-electron chi connectivity index (χ4n) is 0.929. The zero-order valence-corrected chi connectivity index (χ0v) is 8.45. The first-order chi connectivity index (χ1) is 6.67. The minimum Gasteiger partial charge on any atom is -0.488 e. The van der Waals surface area contributed by atoms with Crippen LogP contribution in [0.5, 0.6) is 5.75 Å². The number of nitrogens with zero attached hydrogens (tertiary/aromatic N) is 1. The Bertz CT molecular complexity index is 360. The van der Waals surface area contributed by atoms with E-state index in [2.05, 4.69) is 0 Å². The van der Waals surface area contributed by atoms with Crippen LogP contribution in [0.4, 0.5) is 0 Å². The van der Waals surface area contributed by atoms with Crippen molar-refractivity contribution in [1.29, 1.82) is 5.26 Å². The lowest BCUT2D eigenvalue weighted by Gasteiger charge is -2.11. The smallest absolute Gasteiger partial charge is 0.121 e. The molecule has 0 saturated carbocycles. The van der Waals surface area contributed by atoms with Crippen LogP contribution < -0.4 is 4.74 Å². The molecular weight excluding hydrogens is 202 g/mol. The van der Waals surface area contributed by atoms with Gasteiger partial charge in [0.15, 0.2) is 0 Å². The topological polar surface area (TPSA) is 53.2 Å². The lowest BCUT2D eigenvalue weighted by molar-refractivity contribution is 0.130. The number of halogens is 1. The number of aliphatic hydroxyl groups is 1. The summed E-state index contributed by atoms with van der Waals surface area (Å²) < 4.78 is 5.30. The number of benzene rings is 1. The molecule has 14 heavy (non-hydrogen) atoms. The van der Waals surface area contributed by atoms with Crippen LogP contribution in [0.2, 0.25) is 5.02 Å². The molecule has 1 unspecified atom stereocenters. The molecule has 0 aromatic heterocycles. The van der Waals surface area contributed by atoms with E-state index in [9.17, 15) is 0 Å². The van der Waals surface area contributed by atoms with E-state index < -0.39 is 0 Å². The van der Waals surface area contributed by atoms with Crippen molar-refractivity contribution in [3.63, 3.8) is 0 Å². The van der Waals surface area contributed by atoms with Crippen LogP contribution in [0.1, 0.15) is 12.5 Å². The molecule has 3 nitrogen and oxygen atoms in total. The molecule has 1 rings (SSSR count). The van der Waals surface area contributed by atoms with Crippen molar-refractivity contribution in [3.8, 4) is 11.8 Å². The van der Waals surface area contributed by atoms with Gasteiger partial charge in [0, 0.05) is 6.07 Å². The third-order valence-corrected chi connectivity index (χ3v) is 1.97. The summed E-state index contributed by atoms with van der Waals surface area (Å²) in [5.41, 5.74) is 0.413. The third kappa shape index (κ3) is 2.63. The number of nitriles is 1. The highest BCUT2D eigenvalue weighted by atomic mass is 35.5. The number of hydrogen-bond donors (Lipinski definition) is 1. The number of aliphatic hydroxyl groups excluding tert-OH is 1. The minimum absolute atomic E-state index is 0.0579. The summed E-state index contributed by atoms with van der Waals surface area (Å²) >= 11 is 5.79. The number of hydrogen-bond acceptors (Lipinski definition) is 3. The Hall–Kier alpha value is -1.24. The van der Waals surface area contributed by atoms with E-state index in [1.54, 1.807) is 25.1 Å². The van der Waals surface area contributed by atoms with Crippen LogP contribution in [-0.2, 0) is 0 Å². The van der Waals surface area contributed by atoms with Crippen molar-refractivity contribution in [2.24, 2.45) is 0 Å². The van der Waals surface area contributed by atoms with Gasteiger partial charge in [0.25, 0.3) is 0 Å². The average molecular weight is 212 g/mol. The van der Waals surface area contributed by atoms with Crippen LogP contribution in [0.15, 0.2) is 18.2 Å². The molecule has 0 spiro atoms. The minimum atomic E-state index is -0.279. The van der Waals surface area contributed by atoms with Crippen LogP contribution in [0, 0.1) is 11.3 Å². The maximum absolute atomic E-state index is 8.76. The van der Waals surface area contributed by atoms with E-state index >= 15 is 0 Å². The van der Waals surface area contributed by atoms with Gasteiger partial charge in [0.05, 0.1) is 17.2 Å². The number of rotatable bonds is 3. The zero-order valence-electron chi connectivity index (χ0n) is 7.70. The first kappa shape index (κ1) is 10.8. The fraction of sp³-hybridized carbons (Fsp3) is 0.300. The van der Waals surface area contributed by atoms with Crippen molar-refractivity contribution < 1.29 is 9.84 Å². The van der Waals surface area contributed by atoms with E-state index in [0.717, 1.165) is 0 Å². The normalized spacial score (nSPS) is 11.9. The van der Waals surface area contributed by atoms with E-state index in [4.69, 9.17) is 26.7 Å². The molecule has 0 fully saturated rings. The molecule has 4 heteroatoms. The summed E-state index contributed by atoms with van der Waals surface area (Å²) in [7, 11) is 0. The summed E-state index contributed by atoms with van der Waals surface area (Å²) in [4.78, 5) is 0. The standard InChI is InChI=1S/C10H10ClNO2/c1-7(6-13)14-9-3-2-8(5-12)10(11)4-9/h2-4,7,13H,6H2,1H3. The predicted octanol–water partition coefficient (Wildman–Crippen LogP) is 1.97. The fourth-order valence-corrected chi connectivity index (χ4v) is 1.14. The molecule has 1 aromatic rings. The molecule has 0 aliphatic heterocycles. The molecule has 0 aliphatic carbocycles. The van der Waals surface area contributed by atoms with E-state index in [0.29, 0.717) is 16.3 Å². The van der Waals surface area contributed by atoms with Gasteiger partial charge in [-0.2, -0.15) is 5.26 Å². The molecular formula is C10H10ClNO2. The Morgan fingerprint density at radius 3 is 2.86 bits per heavy atom. The lowest BCUT2D eigenvalue weighted by atomic mass is 10.2. The largest absolute Gasteiger partial charge is 0.488 e. The van der Waals surface area contributed by atoms with Gasteiger partial charge in [-0.3, -0.25) is 0 Å². The first-order valence-corrected chi connectivity index (χ1v) is 4.52. The summed E-state index contributed by atoms with van der Waals surface area (Å²) in [6.45, 7) is 1.68. The lowest BCUT2D eigenvalue weighted by Crippen LogP contribution is -2.16. The van der Waals surface area contributed by atoms with Gasteiger partial charge in [-0.1, -0.05) is 11.6 Å². The number of ether oxygens (including phenoxy) is 1. The van der Waals surface area contributed by atoms with Gasteiger partial charge in [0.1, 0.15) is 17.9 Å². The highest BCUT2D eigenvalue weighted by molar-refractivity contribution is 6.31. The van der Waals surface area contributed by atoms with Crippen molar-refractivity contribution in [2.45, 2.75) is 13.0 Å². The summed E-state index contributed by atoms with van der Waals surface area (Å²) in [5.74, 6) is 0.551. The van der Waals surface area contributed by atoms with Crippen molar-refractivity contribution >= 4 is 11.6 Å². The maximum Gasteiger partial charge on any atom is 0.121 e. The monoisotopic (exact) mass is 211 g/mol. The second-order valence-corrected chi connectivity index (χ2v) is 3.27. The van der Waals surface area contributed by atoms with E-state index in [-0.39, 0.29) is 12.7 Å². The summed E-state index contributed by atoms with van der Waals surface area (Å²) in [6, 6.07) is 6.75. The van der Waals surface area contributed by atoms with Gasteiger partial charge in [0.2, 0.25) is 0 Å². The molecule has 0 radical (unpaired) electrons. The molecule has 1 atom stereocenters. The van der Waals surface area contributed by atoms with Gasteiger partial charge >= 0.3 is 0 Å². The Morgan fingerprint density at radius 1 is 1.64 bits per heavy atom. The Kier molecular flexibility index (Phi) is 3.75. The molecule has 0 aliphatic rings. The van der Waals surface area contributed by atoms with Crippen LogP contribution in [-0.4, -0.2) is 17.8 Å². The van der Waals surface area contributed by atoms with Crippen molar-refractivity contribution in [3.05, 3.63) is 28.8 Å². The summed E-state index contributed by atoms with van der Waals surface area (Å²) in [6.07, 6.45) is -0.279. The second-order valence-electron chi connectivity index (χ2n) is 2.86. The quantitative estimate of drug-likeness (QED) is 0.832. The third-order valence-electron chi connectivity index (χ3n) is 1.66. The Labute approximate surface area is 87.5 Å². The highest BCUT2D eigenvalue weighted by Gasteiger charge is 2.05. The average Bonchev–Trinajstić information content (AvgIpc) is 2.18. The highest BCUT2D eigenvalue weighted by Crippen LogP contribution is 2.22. The SMILES string of the molecule is CC(CO)Oc1ccc(C#N)c(Cl)c1. The molecule has 1 aromatic carbocycles. The summed E-state index contributed by atoms with van der Waals surface area (Å²) in [5, 5.41) is 17.7. The first-order valence-electron chi connectivity index (χ1n) is 4.14. The molecule has 0 bridgehead atoms. The predicted molar refractivity (Wildman–Crippen MR) is 53.3 cm³/mol. The van der Waals surface area contributed by atoms with Gasteiger partial charge in [-0.15, -0.1) is 0 Å². The maximum atomic E-state index is 8.76. The van der Waals surface area contributed by atoms with Crippen LogP contribution in [0.3, 0.4) is 0 Å². The van der Waals surface area contributed by atoms with E-state index in [1.165, 1.54) is 0 Å². The van der Waals surface area contributed by atoms with Crippen molar-refractivity contribution in [1.82, 2.24) is 0 Å². The molecule has 0 amide bonds. The zero-order chi connectivity index (χ0) is 10.6. The van der Waals surface area contributed by atoms with Gasteiger partial charge < -0.3 is 9.84 Å². The van der Waals surface area contributed by atoms with Crippen LogP contribution >= 0.6 is 11.6 Å².